The smallest absolute Gasteiger partial charge is 0.0245 e. The van der Waals surface area contributed by atoms with Gasteiger partial charge in [-0.25, -0.2) is 0 Å². The molecule has 0 amide bonds. The molecule has 0 N–H and O–H groups in total. The van der Waals surface area contributed by atoms with E-state index in [1.807, 2.05) is 6.92 Å². The summed E-state index contributed by atoms with van der Waals surface area (Å²) in [5.41, 5.74) is 2.68. The van der Waals surface area contributed by atoms with Crippen LogP contribution < -0.4 is 0 Å². The van der Waals surface area contributed by atoms with E-state index in [9.17, 15) is 0 Å². The van der Waals surface area contributed by atoms with E-state index in [1.165, 1.54) is 5.56 Å². The van der Waals surface area contributed by atoms with Crippen molar-refractivity contribution in [3.8, 4) is 11.8 Å². The molecule has 0 heterocycles. The lowest BCUT2D eigenvalue weighted by Gasteiger charge is -2.18. The van der Waals surface area contributed by atoms with Gasteiger partial charge in [-0.05, 0) is 30.0 Å². The lowest BCUT2D eigenvalue weighted by atomic mass is 9.87. The van der Waals surface area contributed by atoms with E-state index in [1.54, 1.807) is 0 Å². The van der Waals surface area contributed by atoms with Crippen LogP contribution in [0.4, 0.5) is 0 Å². The molecular weight excluding hydrogens is 180 g/mol. The highest BCUT2D eigenvalue weighted by atomic mass is 14.2. The largest absolute Gasteiger partial charge is 0.101 e. The third-order valence-corrected chi connectivity index (χ3v) is 2.02. The van der Waals surface area contributed by atoms with E-state index in [2.05, 4.69) is 56.9 Å². The first-order valence-electron chi connectivity index (χ1n) is 4.57. The Balaban J connectivity index is 0. The average molecular weight is 204 g/mol. The molecule has 0 heteroatoms. The molecule has 0 bridgehead atoms. The summed E-state index contributed by atoms with van der Waals surface area (Å²) < 4.78 is 0. The molecule has 0 nitrogen and oxygen atoms in total. The quantitative estimate of drug-likeness (QED) is 0.541. The normalized spacial score (nSPS) is 9.07. The average Bonchev–Trinajstić information content (AvgIpc) is 2.04. The van der Waals surface area contributed by atoms with Crippen LogP contribution >= 0.6 is 0 Å². The lowest BCUT2D eigenvalue weighted by Crippen LogP contribution is -2.10. The first-order chi connectivity index (χ1) is 6.04. The molecule has 0 aromatic heterocycles. The maximum Gasteiger partial charge on any atom is 0.0245 e. The second-order valence-corrected chi connectivity index (χ2v) is 4.20. The summed E-state index contributed by atoms with van der Waals surface area (Å²) in [5, 5.41) is 0. The Morgan fingerprint density at radius 2 is 1.40 bits per heavy atom. The Morgan fingerprint density at radius 3 is 1.73 bits per heavy atom. The van der Waals surface area contributed by atoms with Gasteiger partial charge in [0.2, 0.25) is 0 Å². The van der Waals surface area contributed by atoms with Gasteiger partial charge in [0, 0.05) is 5.56 Å². The van der Waals surface area contributed by atoms with Crippen LogP contribution in [0.15, 0.2) is 24.3 Å². The Hall–Kier alpha value is -1.22. The van der Waals surface area contributed by atoms with E-state index >= 15 is 0 Å². The van der Waals surface area contributed by atoms with Crippen molar-refractivity contribution in [3.05, 3.63) is 35.4 Å². The molecule has 1 aromatic rings. The first-order valence-corrected chi connectivity index (χ1v) is 4.57. The fraction of sp³-hybridized carbons (Fsp3) is 0.467. The molecule has 0 fully saturated rings. The molecule has 0 aliphatic heterocycles. The van der Waals surface area contributed by atoms with E-state index < -0.39 is 0 Å². The topological polar surface area (TPSA) is 0 Å². The van der Waals surface area contributed by atoms with Crippen molar-refractivity contribution in [2.45, 2.75) is 48.0 Å². The number of hydrogen-bond donors (Lipinski definition) is 0. The molecule has 0 aliphatic carbocycles. The summed E-state index contributed by atoms with van der Waals surface area (Å²) in [6.07, 6.45) is 0. The molecule has 1 rings (SSSR count). The second kappa shape index (κ2) is 6.30. The van der Waals surface area contributed by atoms with Crippen molar-refractivity contribution in [2.24, 2.45) is 0 Å². The van der Waals surface area contributed by atoms with E-state index in [0.717, 1.165) is 5.56 Å². The number of benzene rings is 1. The predicted molar refractivity (Wildman–Crippen MR) is 71.2 cm³/mol. The zero-order valence-corrected chi connectivity index (χ0v) is 8.81. The Bertz CT molecular complexity index is 325. The van der Waals surface area contributed by atoms with Crippen molar-refractivity contribution in [1.82, 2.24) is 0 Å². The van der Waals surface area contributed by atoms with E-state index in [-0.39, 0.29) is 20.3 Å². The van der Waals surface area contributed by atoms with Gasteiger partial charge in [0.15, 0.2) is 0 Å². The maximum absolute atomic E-state index is 3.04. The van der Waals surface area contributed by atoms with Gasteiger partial charge in [-0.3, -0.25) is 0 Å². The molecule has 1 aromatic carbocycles. The summed E-state index contributed by atoms with van der Waals surface area (Å²) in [4.78, 5) is 0. The van der Waals surface area contributed by atoms with Gasteiger partial charge >= 0.3 is 0 Å². The molecule has 0 atom stereocenters. The minimum absolute atomic E-state index is 0. The predicted octanol–water partition coefficient (Wildman–Crippen LogP) is 4.63. The molecule has 0 unspecified atom stereocenters. The van der Waals surface area contributed by atoms with Crippen LogP contribution in [-0.4, -0.2) is 0 Å². The highest BCUT2D eigenvalue weighted by molar-refractivity contribution is 5.37. The first kappa shape index (κ1) is 16.2. The Kier molecular flexibility index (Phi) is 6.81. The number of rotatable bonds is 0. The molecule has 0 radical (unpaired) electrons. The summed E-state index contributed by atoms with van der Waals surface area (Å²) >= 11 is 0. The van der Waals surface area contributed by atoms with Crippen molar-refractivity contribution in [2.75, 3.05) is 0 Å². The molecule has 15 heavy (non-hydrogen) atoms. The zero-order valence-electron chi connectivity index (χ0n) is 8.81. The molecule has 0 saturated carbocycles. The van der Waals surface area contributed by atoms with Crippen LogP contribution in [0.1, 0.15) is 53.7 Å². The van der Waals surface area contributed by atoms with E-state index in [4.69, 9.17) is 0 Å². The zero-order chi connectivity index (χ0) is 9.90. The highest BCUT2D eigenvalue weighted by Crippen LogP contribution is 2.21. The van der Waals surface area contributed by atoms with Gasteiger partial charge in [-0.15, -0.1) is 5.92 Å². The summed E-state index contributed by atoms with van der Waals surface area (Å²) in [7, 11) is 0. The third-order valence-electron chi connectivity index (χ3n) is 2.02. The molecule has 0 saturated heterocycles. The van der Waals surface area contributed by atoms with Gasteiger partial charge in [0.05, 0.1) is 0 Å². The van der Waals surface area contributed by atoms with Gasteiger partial charge in [0.1, 0.15) is 0 Å². The fourth-order valence-electron chi connectivity index (χ4n) is 1.20. The van der Waals surface area contributed by atoms with Crippen molar-refractivity contribution in [3.63, 3.8) is 0 Å². The lowest BCUT2D eigenvalue weighted by molar-refractivity contribution is 0.590. The second-order valence-electron chi connectivity index (χ2n) is 4.20. The summed E-state index contributed by atoms with van der Waals surface area (Å²) in [6, 6.07) is 8.47. The minimum Gasteiger partial charge on any atom is -0.101 e. The van der Waals surface area contributed by atoms with Gasteiger partial charge in [-0.2, -0.15) is 0 Å². The Labute approximate surface area is 95.7 Å². The Morgan fingerprint density at radius 1 is 0.933 bits per heavy atom. The van der Waals surface area contributed by atoms with Crippen LogP contribution in [0.25, 0.3) is 0 Å². The van der Waals surface area contributed by atoms with E-state index in [0.29, 0.717) is 0 Å². The molecule has 0 aliphatic rings. The fourth-order valence-corrected chi connectivity index (χ4v) is 1.20. The highest BCUT2D eigenvalue weighted by Gasteiger charge is 2.12. The van der Waals surface area contributed by atoms with Crippen LogP contribution in [-0.2, 0) is 5.41 Å². The van der Waals surface area contributed by atoms with Crippen LogP contribution in [0.5, 0.6) is 0 Å². The third kappa shape index (κ3) is 4.70. The van der Waals surface area contributed by atoms with Crippen LogP contribution in [0, 0.1) is 11.8 Å². The SMILES string of the molecule is C.C.CC#Cc1ccc(C(C)(C)C)cc1. The van der Waals surface area contributed by atoms with Gasteiger partial charge < -0.3 is 0 Å². The summed E-state index contributed by atoms with van der Waals surface area (Å²) in [6.45, 7) is 8.51. The van der Waals surface area contributed by atoms with Gasteiger partial charge in [0.25, 0.3) is 0 Å². The van der Waals surface area contributed by atoms with Crippen LogP contribution in [0.2, 0.25) is 0 Å². The standard InChI is InChI=1S/C13H16.2CH4/c1-5-6-11-7-9-12(10-8-11)13(2,3)4;;/h7-10H,1-4H3;2*1H4. The number of hydrogen-bond acceptors (Lipinski definition) is 0. The maximum atomic E-state index is 3.04. The van der Waals surface area contributed by atoms with Crippen molar-refractivity contribution >= 4 is 0 Å². The monoisotopic (exact) mass is 204 g/mol. The minimum atomic E-state index is 0. The van der Waals surface area contributed by atoms with Crippen molar-refractivity contribution < 1.29 is 0 Å². The van der Waals surface area contributed by atoms with Crippen molar-refractivity contribution in [1.29, 1.82) is 0 Å². The molecule has 84 valence electrons. The molecule has 0 spiro atoms. The summed E-state index contributed by atoms with van der Waals surface area (Å²) in [5.74, 6) is 5.93. The van der Waals surface area contributed by atoms with Crippen LogP contribution in [0.3, 0.4) is 0 Å². The van der Waals surface area contributed by atoms with Gasteiger partial charge in [-0.1, -0.05) is 53.7 Å². The molecular formula is C15H24.